The first-order valence-corrected chi connectivity index (χ1v) is 11.3. The number of rotatable bonds is 6. The minimum atomic E-state index is -0.852. The van der Waals surface area contributed by atoms with Crippen molar-refractivity contribution in [3.8, 4) is 11.5 Å². The first-order valence-electron chi connectivity index (χ1n) is 10.5. The highest BCUT2D eigenvalue weighted by atomic mass is 35.5. The van der Waals surface area contributed by atoms with Crippen molar-refractivity contribution in [2.24, 2.45) is 0 Å². The number of aryl methyl sites for hydroxylation is 1. The summed E-state index contributed by atoms with van der Waals surface area (Å²) in [6.45, 7) is 2.27. The van der Waals surface area contributed by atoms with Gasteiger partial charge in [-0.3, -0.25) is 14.9 Å². The first kappa shape index (κ1) is 24.3. The van der Waals surface area contributed by atoms with Crippen LogP contribution in [0.3, 0.4) is 0 Å². The fourth-order valence-electron chi connectivity index (χ4n) is 3.45. The van der Waals surface area contributed by atoms with E-state index in [9.17, 15) is 14.4 Å². The molecule has 0 aromatic heterocycles. The zero-order valence-electron chi connectivity index (χ0n) is 18.8. The van der Waals surface area contributed by atoms with Gasteiger partial charge in [-0.05, 0) is 60.5 Å². The molecule has 0 atom stereocenters. The largest absolute Gasteiger partial charge is 0.493 e. The highest BCUT2D eigenvalue weighted by Gasteiger charge is 2.36. The topological polar surface area (TPSA) is 84.9 Å². The van der Waals surface area contributed by atoms with Gasteiger partial charge in [-0.1, -0.05) is 53.0 Å². The molecule has 0 spiro atoms. The van der Waals surface area contributed by atoms with Crippen LogP contribution in [0.2, 0.25) is 10.0 Å². The number of hydrogen-bond donors (Lipinski definition) is 1. The van der Waals surface area contributed by atoms with Gasteiger partial charge in [0.15, 0.2) is 11.5 Å². The van der Waals surface area contributed by atoms with Gasteiger partial charge < -0.3 is 9.47 Å². The van der Waals surface area contributed by atoms with Gasteiger partial charge in [-0.25, -0.2) is 9.69 Å². The Balaban J connectivity index is 1.63. The number of carbonyl (C=O) groups excluding carboxylic acids is 3. The lowest BCUT2D eigenvalue weighted by molar-refractivity contribution is -0.122. The molecule has 4 amide bonds. The molecule has 1 aliphatic heterocycles. The number of barbiturate groups is 1. The van der Waals surface area contributed by atoms with Crippen LogP contribution >= 0.6 is 23.2 Å². The monoisotopic (exact) mass is 510 g/mol. The Labute approximate surface area is 211 Å². The van der Waals surface area contributed by atoms with Gasteiger partial charge in [0.25, 0.3) is 11.8 Å². The molecule has 1 saturated heterocycles. The third-order valence-corrected chi connectivity index (χ3v) is 5.79. The minimum absolute atomic E-state index is 0.234. The first-order chi connectivity index (χ1) is 16.8. The second kappa shape index (κ2) is 10.2. The molecular weight excluding hydrogens is 491 g/mol. The van der Waals surface area contributed by atoms with Crippen LogP contribution in [-0.2, 0) is 16.2 Å². The lowest BCUT2D eigenvalue weighted by Crippen LogP contribution is -2.54. The number of hydrogen-bond acceptors (Lipinski definition) is 5. The number of nitrogens with zero attached hydrogens (tertiary/aromatic N) is 1. The summed E-state index contributed by atoms with van der Waals surface area (Å²) in [4.78, 5) is 38.8. The van der Waals surface area contributed by atoms with E-state index in [2.05, 4.69) is 5.32 Å². The van der Waals surface area contributed by atoms with Gasteiger partial charge in [0.1, 0.15) is 12.2 Å². The third-order valence-electron chi connectivity index (χ3n) is 5.25. The quantitative estimate of drug-likeness (QED) is 0.346. The lowest BCUT2D eigenvalue weighted by Gasteiger charge is -2.26. The summed E-state index contributed by atoms with van der Waals surface area (Å²) in [5, 5.41) is 2.85. The number of anilines is 1. The number of benzene rings is 3. The number of amides is 4. The molecule has 7 nitrogen and oxygen atoms in total. The maximum Gasteiger partial charge on any atom is 0.335 e. The van der Waals surface area contributed by atoms with Crippen LogP contribution in [0.25, 0.3) is 6.08 Å². The van der Waals surface area contributed by atoms with Crippen LogP contribution in [-0.4, -0.2) is 25.0 Å². The molecule has 0 aliphatic carbocycles. The zero-order chi connectivity index (χ0) is 25.1. The van der Waals surface area contributed by atoms with Crippen molar-refractivity contribution in [1.29, 1.82) is 0 Å². The van der Waals surface area contributed by atoms with E-state index in [0.717, 1.165) is 16.0 Å². The molecule has 3 aromatic carbocycles. The van der Waals surface area contributed by atoms with Crippen LogP contribution in [0.1, 0.15) is 16.7 Å². The van der Waals surface area contributed by atoms with Crippen molar-refractivity contribution in [2.45, 2.75) is 13.5 Å². The van der Waals surface area contributed by atoms with Gasteiger partial charge in [-0.2, -0.15) is 0 Å². The number of carbonyl (C=O) groups is 3. The van der Waals surface area contributed by atoms with E-state index in [1.165, 1.54) is 37.5 Å². The Morgan fingerprint density at radius 3 is 2.31 bits per heavy atom. The van der Waals surface area contributed by atoms with Gasteiger partial charge in [-0.15, -0.1) is 0 Å². The number of imide groups is 2. The summed E-state index contributed by atoms with van der Waals surface area (Å²) in [6.07, 6.45) is 1.34. The average Bonchev–Trinajstić information content (AvgIpc) is 2.83. The maximum absolute atomic E-state index is 13.1. The van der Waals surface area contributed by atoms with E-state index in [0.29, 0.717) is 22.1 Å². The Kier molecular flexibility index (Phi) is 7.10. The van der Waals surface area contributed by atoms with E-state index < -0.39 is 17.8 Å². The fourth-order valence-corrected chi connectivity index (χ4v) is 3.85. The maximum atomic E-state index is 13.1. The number of urea groups is 1. The fraction of sp³-hybridized carbons (Fsp3) is 0.115. The van der Waals surface area contributed by atoms with Crippen molar-refractivity contribution in [1.82, 2.24) is 5.32 Å². The highest BCUT2D eigenvalue weighted by molar-refractivity contribution is 6.39. The summed E-state index contributed by atoms with van der Waals surface area (Å²) < 4.78 is 11.3. The van der Waals surface area contributed by atoms with Crippen molar-refractivity contribution in [3.63, 3.8) is 0 Å². The summed E-state index contributed by atoms with van der Waals surface area (Å²) >= 11 is 12.4. The Morgan fingerprint density at radius 1 is 0.971 bits per heavy atom. The number of nitrogens with one attached hydrogen (secondary N) is 1. The van der Waals surface area contributed by atoms with Crippen molar-refractivity contribution < 1.29 is 23.9 Å². The van der Waals surface area contributed by atoms with E-state index in [-0.39, 0.29) is 22.9 Å². The Bertz CT molecular complexity index is 1340. The van der Waals surface area contributed by atoms with Gasteiger partial charge in [0.2, 0.25) is 0 Å². The van der Waals surface area contributed by atoms with Crippen molar-refractivity contribution in [3.05, 3.63) is 93.0 Å². The van der Waals surface area contributed by atoms with E-state index in [1.807, 2.05) is 31.2 Å². The molecule has 4 rings (SSSR count). The van der Waals surface area contributed by atoms with Gasteiger partial charge in [0, 0.05) is 5.02 Å². The minimum Gasteiger partial charge on any atom is -0.493 e. The average molecular weight is 511 g/mol. The normalized spacial score (nSPS) is 14.8. The van der Waals surface area contributed by atoms with Gasteiger partial charge in [0.05, 0.1) is 17.8 Å². The molecule has 9 heteroatoms. The standard InChI is InChI=1S/C26H20Cl2N2O5/c1-15-3-5-16(6-4-15)14-35-23-21(28)12-17(13-22(23)34-2)11-20-24(31)29-26(33)30(25(20)32)19-9-7-18(27)8-10-19/h3-13H,14H2,1-2H3,(H,29,31,33)/b20-11-. The van der Waals surface area contributed by atoms with Crippen LogP contribution < -0.4 is 19.7 Å². The van der Waals surface area contributed by atoms with Crippen LogP contribution in [0.5, 0.6) is 11.5 Å². The Hall–Kier alpha value is -3.81. The van der Waals surface area contributed by atoms with Crippen LogP contribution in [0, 0.1) is 6.92 Å². The third kappa shape index (κ3) is 5.31. The molecule has 35 heavy (non-hydrogen) atoms. The van der Waals surface area contributed by atoms with Crippen molar-refractivity contribution >= 4 is 52.8 Å². The summed E-state index contributed by atoms with van der Waals surface area (Å²) in [5.41, 5.74) is 2.53. The second-order valence-electron chi connectivity index (χ2n) is 7.74. The zero-order valence-corrected chi connectivity index (χ0v) is 20.3. The number of ether oxygens (including phenoxy) is 2. The molecular formula is C26H20Cl2N2O5. The molecule has 0 bridgehead atoms. The van der Waals surface area contributed by atoms with E-state index in [1.54, 1.807) is 12.1 Å². The van der Waals surface area contributed by atoms with E-state index in [4.69, 9.17) is 32.7 Å². The second-order valence-corrected chi connectivity index (χ2v) is 8.59. The molecule has 1 heterocycles. The van der Waals surface area contributed by atoms with Crippen molar-refractivity contribution in [2.75, 3.05) is 12.0 Å². The smallest absolute Gasteiger partial charge is 0.335 e. The number of halogens is 2. The molecule has 1 aliphatic rings. The Morgan fingerprint density at radius 2 is 1.66 bits per heavy atom. The number of methoxy groups -OCH3 is 1. The molecule has 3 aromatic rings. The molecule has 0 saturated carbocycles. The lowest BCUT2D eigenvalue weighted by atomic mass is 10.1. The predicted molar refractivity (Wildman–Crippen MR) is 134 cm³/mol. The molecule has 1 fully saturated rings. The molecule has 0 unspecified atom stereocenters. The summed E-state index contributed by atoms with van der Waals surface area (Å²) in [6, 6.07) is 16.3. The SMILES string of the molecule is COc1cc(/C=C2/C(=O)NC(=O)N(c3ccc(Cl)cc3)C2=O)cc(Cl)c1OCc1ccc(C)cc1. The molecule has 1 N–H and O–H groups in total. The predicted octanol–water partition coefficient (Wildman–Crippen LogP) is 5.56. The summed E-state index contributed by atoms with van der Waals surface area (Å²) in [5.74, 6) is -0.948. The van der Waals surface area contributed by atoms with Crippen LogP contribution in [0.4, 0.5) is 10.5 Å². The van der Waals surface area contributed by atoms with Crippen LogP contribution in [0.15, 0.2) is 66.2 Å². The van der Waals surface area contributed by atoms with E-state index >= 15 is 0 Å². The van der Waals surface area contributed by atoms with Gasteiger partial charge >= 0.3 is 6.03 Å². The molecule has 0 radical (unpaired) electrons. The molecule has 178 valence electrons. The highest BCUT2D eigenvalue weighted by Crippen LogP contribution is 2.38. The summed E-state index contributed by atoms with van der Waals surface area (Å²) in [7, 11) is 1.46.